The lowest BCUT2D eigenvalue weighted by molar-refractivity contribution is -0.308. The van der Waals surface area contributed by atoms with Gasteiger partial charge < -0.3 is 24.7 Å². The van der Waals surface area contributed by atoms with Gasteiger partial charge in [-0.15, -0.1) is 0 Å². The predicted molar refractivity (Wildman–Crippen MR) is 80.4 cm³/mol. The molecule has 7 heteroatoms. The van der Waals surface area contributed by atoms with Crippen LogP contribution in [-0.4, -0.2) is 35.8 Å². The summed E-state index contributed by atoms with van der Waals surface area (Å²) >= 11 is 0. The summed E-state index contributed by atoms with van der Waals surface area (Å²) in [5.41, 5.74) is -0.736. The summed E-state index contributed by atoms with van der Waals surface area (Å²) in [7, 11) is 0. The quantitative estimate of drug-likeness (QED) is 0.737. The molecular weight excluding hydrogens is 302 g/mol. The van der Waals surface area contributed by atoms with Crippen molar-refractivity contribution in [1.29, 1.82) is 0 Å². The van der Waals surface area contributed by atoms with Crippen LogP contribution in [-0.2, 0) is 19.1 Å². The van der Waals surface area contributed by atoms with E-state index < -0.39 is 29.7 Å². The van der Waals surface area contributed by atoms with E-state index in [0.29, 0.717) is 0 Å². The lowest BCUT2D eigenvalue weighted by Gasteiger charge is -2.25. The molecule has 0 heterocycles. The number of alkyl carbamates (subject to hydrolysis) is 1. The fourth-order valence-corrected chi connectivity index (χ4v) is 2.39. The maximum atomic E-state index is 11.8. The van der Waals surface area contributed by atoms with E-state index in [4.69, 9.17) is 9.47 Å². The van der Waals surface area contributed by atoms with Crippen molar-refractivity contribution in [1.82, 2.24) is 5.32 Å². The van der Waals surface area contributed by atoms with Crippen LogP contribution in [0.4, 0.5) is 4.79 Å². The van der Waals surface area contributed by atoms with Gasteiger partial charge in [0.15, 0.2) is 0 Å². The van der Waals surface area contributed by atoms with Gasteiger partial charge in [0.2, 0.25) is 0 Å². The molecule has 0 aliphatic heterocycles. The Hall–Kier alpha value is -1.79. The number of hydrogen-bond donors (Lipinski definition) is 1. The van der Waals surface area contributed by atoms with E-state index in [1.165, 1.54) is 0 Å². The van der Waals surface area contributed by atoms with E-state index in [1.807, 2.05) is 0 Å². The van der Waals surface area contributed by atoms with Gasteiger partial charge in [0.1, 0.15) is 11.7 Å². The van der Waals surface area contributed by atoms with Crippen molar-refractivity contribution in [2.45, 2.75) is 83.5 Å². The maximum Gasteiger partial charge on any atom is 0.408 e. The number of aliphatic carboxylic acids is 1. The van der Waals surface area contributed by atoms with E-state index in [9.17, 15) is 19.5 Å². The van der Waals surface area contributed by atoms with Crippen molar-refractivity contribution < 1.29 is 29.0 Å². The van der Waals surface area contributed by atoms with Gasteiger partial charge in [-0.3, -0.25) is 4.79 Å². The Balaban J connectivity index is 2.38. The number of amides is 1. The van der Waals surface area contributed by atoms with Crippen LogP contribution in [0.2, 0.25) is 0 Å². The minimum Gasteiger partial charge on any atom is -0.548 e. The van der Waals surface area contributed by atoms with Crippen molar-refractivity contribution >= 4 is 18.0 Å². The summed E-state index contributed by atoms with van der Waals surface area (Å²) in [5.74, 6) is -1.91. The first kappa shape index (κ1) is 19.3. The third-order valence-corrected chi connectivity index (χ3v) is 3.46. The summed E-state index contributed by atoms with van der Waals surface area (Å²) in [6.07, 6.45) is 3.83. The molecule has 0 bridgehead atoms. The second-order valence-electron chi connectivity index (χ2n) is 6.81. The van der Waals surface area contributed by atoms with E-state index in [0.717, 1.165) is 32.1 Å². The summed E-state index contributed by atoms with van der Waals surface area (Å²) in [6, 6.07) is -1.29. The summed E-state index contributed by atoms with van der Waals surface area (Å²) < 4.78 is 10.3. The molecule has 0 radical (unpaired) electrons. The van der Waals surface area contributed by atoms with Crippen LogP contribution in [0.25, 0.3) is 0 Å². The van der Waals surface area contributed by atoms with E-state index in [1.54, 1.807) is 20.8 Å². The number of carboxylic acid groups (broad SMARTS) is 1. The first-order valence-electron chi connectivity index (χ1n) is 8.07. The lowest BCUT2D eigenvalue weighted by atomic mass is 9.98. The molecule has 0 aromatic rings. The first-order chi connectivity index (χ1) is 10.7. The van der Waals surface area contributed by atoms with Crippen LogP contribution in [0.5, 0.6) is 0 Å². The molecule has 1 fully saturated rings. The standard InChI is InChI=1S/C16H27NO6/c1-16(2,3)23-15(21)17-12(14(19)20)9-10-13(18)22-11-7-5-4-6-8-11/h11-12H,4-10H2,1-3H3,(H,17,21)(H,19,20)/p-1/t12-/m1/s1. The third-order valence-electron chi connectivity index (χ3n) is 3.46. The van der Waals surface area contributed by atoms with Crippen molar-refractivity contribution in [2.24, 2.45) is 0 Å². The summed E-state index contributed by atoms with van der Waals surface area (Å²) in [4.78, 5) is 34.4. The smallest absolute Gasteiger partial charge is 0.408 e. The number of carbonyl (C=O) groups excluding carboxylic acids is 3. The molecule has 0 unspecified atom stereocenters. The Bertz CT molecular complexity index is 423. The molecular formula is C16H26NO6-. The van der Waals surface area contributed by atoms with Crippen LogP contribution in [0.1, 0.15) is 65.7 Å². The average Bonchev–Trinajstić information content (AvgIpc) is 2.42. The highest BCUT2D eigenvalue weighted by atomic mass is 16.6. The number of carbonyl (C=O) groups is 3. The van der Waals surface area contributed by atoms with Gasteiger partial charge in [0, 0.05) is 6.42 Å². The van der Waals surface area contributed by atoms with Crippen molar-refractivity contribution in [3.8, 4) is 0 Å². The molecule has 0 aromatic carbocycles. The van der Waals surface area contributed by atoms with Crippen LogP contribution in [0.3, 0.4) is 0 Å². The topological polar surface area (TPSA) is 105 Å². The minimum absolute atomic E-state index is 0.0727. The van der Waals surface area contributed by atoms with Crippen LogP contribution < -0.4 is 10.4 Å². The molecule has 0 saturated heterocycles. The number of nitrogens with one attached hydrogen (secondary N) is 1. The third kappa shape index (κ3) is 8.42. The van der Waals surface area contributed by atoms with Crippen molar-refractivity contribution in [2.75, 3.05) is 0 Å². The molecule has 1 saturated carbocycles. The van der Waals surface area contributed by atoms with Gasteiger partial charge >= 0.3 is 12.1 Å². The molecule has 0 spiro atoms. The Kier molecular flexibility index (Phi) is 7.32. The van der Waals surface area contributed by atoms with Crippen LogP contribution in [0, 0.1) is 0 Å². The van der Waals surface area contributed by atoms with Crippen molar-refractivity contribution in [3.63, 3.8) is 0 Å². The monoisotopic (exact) mass is 328 g/mol. The van der Waals surface area contributed by atoms with Crippen LogP contribution >= 0.6 is 0 Å². The molecule has 0 aromatic heterocycles. The van der Waals surface area contributed by atoms with E-state index in [2.05, 4.69) is 5.32 Å². The number of esters is 1. The summed E-state index contributed by atoms with van der Waals surface area (Å²) in [5, 5.41) is 13.3. The van der Waals surface area contributed by atoms with Gasteiger partial charge in [0.25, 0.3) is 0 Å². The van der Waals surface area contributed by atoms with E-state index >= 15 is 0 Å². The van der Waals surface area contributed by atoms with E-state index in [-0.39, 0.29) is 18.9 Å². The number of carboxylic acids is 1. The fourth-order valence-electron chi connectivity index (χ4n) is 2.39. The maximum absolute atomic E-state index is 11.8. The Morgan fingerprint density at radius 2 is 1.78 bits per heavy atom. The Labute approximate surface area is 136 Å². The summed E-state index contributed by atoms with van der Waals surface area (Å²) in [6.45, 7) is 5.01. The zero-order valence-corrected chi connectivity index (χ0v) is 14.1. The van der Waals surface area contributed by atoms with Gasteiger partial charge in [-0.05, 0) is 52.9 Å². The largest absolute Gasteiger partial charge is 0.548 e. The Morgan fingerprint density at radius 3 is 2.30 bits per heavy atom. The highest BCUT2D eigenvalue weighted by Crippen LogP contribution is 2.21. The normalized spacial score (nSPS) is 17.2. The molecule has 1 aliphatic carbocycles. The second kappa shape index (κ2) is 8.74. The number of hydrogen-bond acceptors (Lipinski definition) is 6. The van der Waals surface area contributed by atoms with Gasteiger partial charge in [-0.1, -0.05) is 6.42 Å². The zero-order chi connectivity index (χ0) is 17.5. The molecule has 132 valence electrons. The second-order valence-corrected chi connectivity index (χ2v) is 6.81. The first-order valence-corrected chi connectivity index (χ1v) is 8.07. The predicted octanol–water partition coefficient (Wildman–Crippen LogP) is 1.29. The lowest BCUT2D eigenvalue weighted by Crippen LogP contribution is -2.49. The molecule has 1 aliphatic rings. The fraction of sp³-hybridized carbons (Fsp3) is 0.812. The van der Waals surface area contributed by atoms with Gasteiger partial charge in [-0.2, -0.15) is 0 Å². The van der Waals surface area contributed by atoms with Crippen molar-refractivity contribution in [3.05, 3.63) is 0 Å². The number of ether oxygens (including phenoxy) is 2. The van der Waals surface area contributed by atoms with Gasteiger partial charge in [0.05, 0.1) is 12.0 Å². The molecule has 1 rings (SSSR count). The van der Waals surface area contributed by atoms with Crippen LogP contribution in [0.15, 0.2) is 0 Å². The molecule has 1 amide bonds. The number of rotatable bonds is 6. The SMILES string of the molecule is CC(C)(C)OC(=O)N[C@H](CCC(=O)OC1CCCCC1)C(=O)[O-]. The highest BCUT2D eigenvalue weighted by molar-refractivity contribution is 5.79. The molecule has 23 heavy (non-hydrogen) atoms. The average molecular weight is 328 g/mol. The molecule has 1 atom stereocenters. The molecule has 7 nitrogen and oxygen atoms in total. The minimum atomic E-state index is -1.46. The highest BCUT2D eigenvalue weighted by Gasteiger charge is 2.22. The molecule has 1 N–H and O–H groups in total. The van der Waals surface area contributed by atoms with Gasteiger partial charge in [-0.25, -0.2) is 4.79 Å². The zero-order valence-electron chi connectivity index (χ0n) is 14.1. The Morgan fingerprint density at radius 1 is 1.17 bits per heavy atom.